The van der Waals surface area contributed by atoms with Crippen LogP contribution in [0.3, 0.4) is 0 Å². The lowest BCUT2D eigenvalue weighted by atomic mass is 9.90. The highest BCUT2D eigenvalue weighted by atomic mass is 35.5. The summed E-state index contributed by atoms with van der Waals surface area (Å²) in [7, 11) is 0. The van der Waals surface area contributed by atoms with Gasteiger partial charge in [-0.25, -0.2) is 0 Å². The molecule has 144 valence electrons. The Bertz CT molecular complexity index is 827. The van der Waals surface area contributed by atoms with Crippen LogP contribution in [-0.2, 0) is 0 Å². The average Bonchev–Trinajstić information content (AvgIpc) is 2.66. The van der Waals surface area contributed by atoms with E-state index in [2.05, 4.69) is 39.8 Å². The van der Waals surface area contributed by atoms with Crippen molar-refractivity contribution in [1.82, 2.24) is 0 Å². The maximum absolute atomic E-state index is 9.35. The molecule has 0 unspecified atom stereocenters. The minimum Gasteiger partial charge on any atom is -0.398 e. The minimum atomic E-state index is 0.563. The smallest absolute Gasteiger partial charge is 0.0994 e. The number of anilines is 1. The van der Waals surface area contributed by atoms with Crippen molar-refractivity contribution in [2.45, 2.75) is 60.3 Å². The molecule has 0 atom stereocenters. The lowest BCUT2D eigenvalue weighted by molar-refractivity contribution is 0.886. The second-order valence-electron chi connectivity index (χ2n) is 6.71. The number of hydrogen-bond donors (Lipinski definition) is 1. The molecule has 0 aliphatic rings. The van der Waals surface area contributed by atoms with E-state index in [0.29, 0.717) is 16.3 Å². The molecular formula is C24H31ClN2. The Morgan fingerprint density at radius 2 is 1.70 bits per heavy atom. The Labute approximate surface area is 169 Å². The predicted octanol–water partition coefficient (Wildman–Crippen LogP) is 7.45. The topological polar surface area (TPSA) is 49.8 Å². The first-order chi connectivity index (χ1) is 12.9. The van der Waals surface area contributed by atoms with Crippen LogP contribution in [0.5, 0.6) is 0 Å². The van der Waals surface area contributed by atoms with E-state index >= 15 is 0 Å². The Balaban J connectivity index is 0.000000828. The molecule has 0 aromatic heterocycles. The highest BCUT2D eigenvalue weighted by Gasteiger charge is 2.14. The normalized spacial score (nSPS) is 10.8. The Morgan fingerprint density at radius 1 is 1.04 bits per heavy atom. The first-order valence-corrected chi connectivity index (χ1v) is 10.0. The fraction of sp³-hybridized carbons (Fsp3) is 0.375. The van der Waals surface area contributed by atoms with Crippen molar-refractivity contribution in [3.63, 3.8) is 0 Å². The molecule has 2 aromatic rings. The van der Waals surface area contributed by atoms with Crippen molar-refractivity contribution in [3.05, 3.63) is 69.2 Å². The molecule has 0 saturated carbocycles. The Morgan fingerprint density at radius 3 is 2.26 bits per heavy atom. The number of aryl methyl sites for hydroxylation is 2. The van der Waals surface area contributed by atoms with Gasteiger partial charge in [-0.15, -0.1) is 0 Å². The summed E-state index contributed by atoms with van der Waals surface area (Å²) in [6.45, 7) is 10.5. The van der Waals surface area contributed by atoms with Gasteiger partial charge in [0.25, 0.3) is 0 Å². The summed E-state index contributed by atoms with van der Waals surface area (Å²) in [6, 6.07) is 11.9. The van der Waals surface area contributed by atoms with Gasteiger partial charge in [-0.05, 0) is 54.7 Å². The van der Waals surface area contributed by atoms with Crippen LogP contribution in [0, 0.1) is 25.2 Å². The number of benzene rings is 2. The number of rotatable bonds is 5. The molecule has 2 rings (SSSR count). The Kier molecular flexibility index (Phi) is 9.68. The second kappa shape index (κ2) is 11.5. The van der Waals surface area contributed by atoms with Crippen LogP contribution >= 0.6 is 11.6 Å². The second-order valence-corrected chi connectivity index (χ2v) is 7.09. The molecule has 0 radical (unpaired) electrons. The third-order valence-corrected chi connectivity index (χ3v) is 4.86. The average molecular weight is 383 g/mol. The predicted molar refractivity (Wildman–Crippen MR) is 119 cm³/mol. The zero-order valence-electron chi connectivity index (χ0n) is 17.2. The summed E-state index contributed by atoms with van der Waals surface area (Å²) in [5.41, 5.74) is 12.3. The number of nitrogen functional groups attached to an aromatic ring is 1. The SMILES string of the molecule is CCC/C=C(\c1cc(C#N)c(C)cc1C)c1cccc(N)c1Cl.CCCC. The maximum Gasteiger partial charge on any atom is 0.0994 e. The minimum absolute atomic E-state index is 0.563. The van der Waals surface area contributed by atoms with Gasteiger partial charge in [0, 0.05) is 5.56 Å². The third-order valence-electron chi connectivity index (χ3n) is 4.44. The number of allylic oxidation sites excluding steroid dienone is 1. The van der Waals surface area contributed by atoms with Gasteiger partial charge in [0.2, 0.25) is 0 Å². The van der Waals surface area contributed by atoms with Crippen molar-refractivity contribution in [3.8, 4) is 6.07 Å². The Hall–Kier alpha value is -2.24. The van der Waals surface area contributed by atoms with Crippen molar-refractivity contribution < 1.29 is 0 Å². The summed E-state index contributed by atoms with van der Waals surface area (Å²) in [4.78, 5) is 0. The number of nitrogens with two attached hydrogens (primary N) is 1. The van der Waals surface area contributed by atoms with Gasteiger partial charge in [-0.2, -0.15) is 5.26 Å². The highest BCUT2D eigenvalue weighted by Crippen LogP contribution is 2.35. The van der Waals surface area contributed by atoms with E-state index in [9.17, 15) is 5.26 Å². The fourth-order valence-electron chi connectivity index (χ4n) is 2.67. The number of hydrogen-bond acceptors (Lipinski definition) is 2. The highest BCUT2D eigenvalue weighted by molar-refractivity contribution is 6.35. The van der Waals surface area contributed by atoms with Crippen molar-refractivity contribution in [2.24, 2.45) is 0 Å². The number of halogens is 1. The summed E-state index contributed by atoms with van der Waals surface area (Å²) < 4.78 is 0. The monoisotopic (exact) mass is 382 g/mol. The lowest BCUT2D eigenvalue weighted by Crippen LogP contribution is -1.98. The van der Waals surface area contributed by atoms with E-state index < -0.39 is 0 Å². The number of nitriles is 1. The summed E-state index contributed by atoms with van der Waals surface area (Å²) >= 11 is 6.44. The van der Waals surface area contributed by atoms with E-state index in [1.165, 1.54) is 12.8 Å². The van der Waals surface area contributed by atoms with Gasteiger partial charge in [-0.3, -0.25) is 0 Å². The molecule has 27 heavy (non-hydrogen) atoms. The van der Waals surface area contributed by atoms with E-state index in [1.54, 1.807) is 6.07 Å². The molecule has 0 bridgehead atoms. The van der Waals surface area contributed by atoms with Crippen molar-refractivity contribution >= 4 is 22.9 Å². The first-order valence-electron chi connectivity index (χ1n) is 9.67. The van der Waals surface area contributed by atoms with Gasteiger partial charge >= 0.3 is 0 Å². The number of unbranched alkanes of at least 4 members (excludes halogenated alkanes) is 2. The van der Waals surface area contributed by atoms with E-state index in [1.807, 2.05) is 31.2 Å². The van der Waals surface area contributed by atoms with Gasteiger partial charge in [0.05, 0.1) is 22.3 Å². The molecule has 0 heterocycles. The molecule has 2 N–H and O–H groups in total. The third kappa shape index (κ3) is 6.15. The standard InChI is InChI=1S/C20H21ClN2.C4H10/c1-4-5-7-16(17-8-6-9-19(23)20(17)21)18-11-15(12-22)13(2)10-14(18)3;1-3-4-2/h6-11H,4-5,23H2,1-3H3;3-4H2,1-2H3/b16-7-;. The summed E-state index contributed by atoms with van der Waals surface area (Å²) in [5.74, 6) is 0. The van der Waals surface area contributed by atoms with Gasteiger partial charge in [0.1, 0.15) is 0 Å². The largest absolute Gasteiger partial charge is 0.398 e. The van der Waals surface area contributed by atoms with Crippen molar-refractivity contribution in [1.29, 1.82) is 5.26 Å². The van der Waals surface area contributed by atoms with E-state index in [0.717, 1.165) is 40.7 Å². The molecule has 0 amide bonds. The van der Waals surface area contributed by atoms with E-state index in [-0.39, 0.29) is 0 Å². The molecule has 3 heteroatoms. The van der Waals surface area contributed by atoms with Gasteiger partial charge in [0.15, 0.2) is 0 Å². The van der Waals surface area contributed by atoms with Crippen LogP contribution in [-0.4, -0.2) is 0 Å². The van der Waals surface area contributed by atoms with Crippen LogP contribution in [0.25, 0.3) is 5.57 Å². The van der Waals surface area contributed by atoms with Crippen LogP contribution in [0.1, 0.15) is 74.3 Å². The maximum atomic E-state index is 9.35. The van der Waals surface area contributed by atoms with Crippen LogP contribution < -0.4 is 5.73 Å². The van der Waals surface area contributed by atoms with E-state index in [4.69, 9.17) is 17.3 Å². The molecule has 2 aromatic carbocycles. The fourth-order valence-corrected chi connectivity index (χ4v) is 2.90. The first kappa shape index (κ1) is 22.8. The molecule has 0 aliphatic heterocycles. The van der Waals surface area contributed by atoms with Crippen LogP contribution in [0.2, 0.25) is 5.02 Å². The molecule has 0 aliphatic carbocycles. The zero-order chi connectivity index (χ0) is 20.4. The van der Waals surface area contributed by atoms with Crippen LogP contribution in [0.15, 0.2) is 36.4 Å². The molecule has 0 fully saturated rings. The van der Waals surface area contributed by atoms with Gasteiger partial charge < -0.3 is 5.73 Å². The molecule has 0 spiro atoms. The summed E-state index contributed by atoms with van der Waals surface area (Å²) in [6.07, 6.45) is 6.80. The number of nitrogens with zero attached hydrogens (tertiary/aromatic N) is 1. The summed E-state index contributed by atoms with van der Waals surface area (Å²) in [5, 5.41) is 9.91. The quantitative estimate of drug-likeness (QED) is 0.546. The zero-order valence-corrected chi connectivity index (χ0v) is 18.0. The van der Waals surface area contributed by atoms with Crippen molar-refractivity contribution in [2.75, 3.05) is 5.73 Å². The lowest BCUT2D eigenvalue weighted by Gasteiger charge is -2.16. The molecular weight excluding hydrogens is 352 g/mol. The molecule has 0 saturated heterocycles. The molecule has 2 nitrogen and oxygen atoms in total. The van der Waals surface area contributed by atoms with Crippen LogP contribution in [0.4, 0.5) is 5.69 Å². The van der Waals surface area contributed by atoms with Gasteiger partial charge in [-0.1, -0.05) is 75.9 Å².